The Balaban J connectivity index is 1.73. The van der Waals surface area contributed by atoms with Crippen molar-refractivity contribution < 1.29 is 19.1 Å². The van der Waals surface area contributed by atoms with Gasteiger partial charge >= 0.3 is 0 Å². The molecule has 0 unspecified atom stereocenters. The molecule has 0 aromatic heterocycles. The molecule has 6 heteroatoms. The van der Waals surface area contributed by atoms with Crippen LogP contribution in [0, 0.1) is 5.92 Å². The van der Waals surface area contributed by atoms with Crippen molar-refractivity contribution in [1.82, 2.24) is 4.90 Å². The standard InChI is InChI=1S/C19H24N2O4/c1-3-5-12(2)17(22)20-13-7-8-15-16(10-13)19(24)21(18(15)23)11-14-6-4-9-25-14/h7-8,10,12,14H,3-6,9,11H2,1-2H3,(H,20,22)/t12-,14-/m0/s1. The summed E-state index contributed by atoms with van der Waals surface area (Å²) in [6, 6.07) is 4.89. The number of hydrogen-bond donors (Lipinski definition) is 1. The summed E-state index contributed by atoms with van der Waals surface area (Å²) in [4.78, 5) is 38.5. The van der Waals surface area contributed by atoms with Crippen molar-refractivity contribution in [3.8, 4) is 0 Å². The third kappa shape index (κ3) is 3.58. The molecule has 0 spiro atoms. The van der Waals surface area contributed by atoms with E-state index in [1.165, 1.54) is 4.90 Å². The summed E-state index contributed by atoms with van der Waals surface area (Å²) in [5, 5.41) is 2.83. The molecule has 25 heavy (non-hydrogen) atoms. The highest BCUT2D eigenvalue weighted by Gasteiger charge is 2.37. The molecule has 1 N–H and O–H groups in total. The van der Waals surface area contributed by atoms with Gasteiger partial charge in [-0.3, -0.25) is 19.3 Å². The van der Waals surface area contributed by atoms with Gasteiger partial charge in [0.15, 0.2) is 0 Å². The average molecular weight is 344 g/mol. The minimum absolute atomic E-state index is 0.0729. The van der Waals surface area contributed by atoms with E-state index < -0.39 is 0 Å². The van der Waals surface area contributed by atoms with E-state index in [0.29, 0.717) is 30.0 Å². The summed E-state index contributed by atoms with van der Waals surface area (Å²) >= 11 is 0. The highest BCUT2D eigenvalue weighted by atomic mass is 16.5. The molecule has 3 rings (SSSR count). The van der Waals surface area contributed by atoms with Gasteiger partial charge in [-0.05, 0) is 37.5 Å². The number of benzene rings is 1. The number of ether oxygens (including phenoxy) is 1. The lowest BCUT2D eigenvalue weighted by Crippen LogP contribution is -2.36. The van der Waals surface area contributed by atoms with Crippen molar-refractivity contribution in [3.05, 3.63) is 29.3 Å². The fourth-order valence-electron chi connectivity index (χ4n) is 3.36. The van der Waals surface area contributed by atoms with Crippen LogP contribution >= 0.6 is 0 Å². The minimum atomic E-state index is -0.312. The molecule has 134 valence electrons. The average Bonchev–Trinajstić information content (AvgIpc) is 3.18. The van der Waals surface area contributed by atoms with Crippen LogP contribution in [-0.4, -0.2) is 41.9 Å². The molecule has 2 aliphatic rings. The smallest absolute Gasteiger partial charge is 0.261 e. The number of anilines is 1. The fraction of sp³-hybridized carbons (Fsp3) is 0.526. The van der Waals surface area contributed by atoms with Gasteiger partial charge in [0.2, 0.25) is 5.91 Å². The Kier molecular flexibility index (Phi) is 5.18. The quantitative estimate of drug-likeness (QED) is 0.805. The van der Waals surface area contributed by atoms with E-state index in [4.69, 9.17) is 4.74 Å². The second-order valence-corrected chi connectivity index (χ2v) is 6.80. The van der Waals surface area contributed by atoms with Crippen LogP contribution in [0.15, 0.2) is 18.2 Å². The predicted octanol–water partition coefficient (Wildman–Crippen LogP) is 2.84. The molecule has 0 saturated carbocycles. The number of fused-ring (bicyclic) bond motifs is 1. The highest BCUT2D eigenvalue weighted by Crippen LogP contribution is 2.27. The lowest BCUT2D eigenvalue weighted by atomic mass is 10.0. The van der Waals surface area contributed by atoms with Gasteiger partial charge in [-0.2, -0.15) is 0 Å². The van der Waals surface area contributed by atoms with Crippen molar-refractivity contribution >= 4 is 23.4 Å². The van der Waals surface area contributed by atoms with E-state index in [1.54, 1.807) is 18.2 Å². The Bertz CT molecular complexity index is 695. The summed E-state index contributed by atoms with van der Waals surface area (Å²) in [7, 11) is 0. The number of nitrogens with one attached hydrogen (secondary N) is 1. The number of amides is 3. The number of carbonyl (C=O) groups is 3. The van der Waals surface area contributed by atoms with E-state index in [9.17, 15) is 14.4 Å². The maximum Gasteiger partial charge on any atom is 0.261 e. The summed E-state index contributed by atoms with van der Waals surface area (Å²) in [5.41, 5.74) is 1.29. The van der Waals surface area contributed by atoms with Crippen LogP contribution in [0.2, 0.25) is 0 Å². The largest absolute Gasteiger partial charge is 0.376 e. The lowest BCUT2D eigenvalue weighted by molar-refractivity contribution is -0.119. The van der Waals surface area contributed by atoms with E-state index in [-0.39, 0.29) is 29.7 Å². The van der Waals surface area contributed by atoms with Crippen LogP contribution in [0.1, 0.15) is 60.2 Å². The molecule has 2 atom stereocenters. The molecule has 1 fully saturated rings. The monoisotopic (exact) mass is 344 g/mol. The first-order valence-corrected chi connectivity index (χ1v) is 8.94. The normalized spacial score (nSPS) is 20.7. The molecule has 1 saturated heterocycles. The van der Waals surface area contributed by atoms with E-state index in [2.05, 4.69) is 5.32 Å². The Morgan fingerprint density at radius 3 is 2.76 bits per heavy atom. The number of hydrogen-bond acceptors (Lipinski definition) is 4. The Morgan fingerprint density at radius 1 is 1.32 bits per heavy atom. The molecule has 0 aliphatic carbocycles. The maximum absolute atomic E-state index is 12.6. The first-order valence-electron chi connectivity index (χ1n) is 8.94. The molecule has 2 heterocycles. The molecular weight excluding hydrogens is 320 g/mol. The van der Waals surface area contributed by atoms with Crippen LogP contribution in [0.4, 0.5) is 5.69 Å². The molecule has 6 nitrogen and oxygen atoms in total. The van der Waals surface area contributed by atoms with Gasteiger partial charge in [0.25, 0.3) is 11.8 Å². The van der Waals surface area contributed by atoms with Crippen molar-refractivity contribution in [3.63, 3.8) is 0 Å². The van der Waals surface area contributed by atoms with E-state index >= 15 is 0 Å². The Hall–Kier alpha value is -2.21. The maximum atomic E-state index is 12.6. The summed E-state index contributed by atoms with van der Waals surface area (Å²) < 4.78 is 5.53. The topological polar surface area (TPSA) is 75.7 Å². The van der Waals surface area contributed by atoms with Gasteiger partial charge in [0, 0.05) is 18.2 Å². The number of imide groups is 1. The van der Waals surface area contributed by atoms with Gasteiger partial charge in [-0.15, -0.1) is 0 Å². The molecular formula is C19H24N2O4. The molecule has 0 radical (unpaired) electrons. The van der Waals surface area contributed by atoms with E-state index in [1.807, 2.05) is 13.8 Å². The second kappa shape index (κ2) is 7.35. The Labute approximate surface area is 147 Å². The second-order valence-electron chi connectivity index (χ2n) is 6.80. The van der Waals surface area contributed by atoms with Gasteiger partial charge < -0.3 is 10.1 Å². The SMILES string of the molecule is CCC[C@H](C)C(=O)Nc1ccc2c(c1)C(=O)N(C[C@@H]1CCCO1)C2=O. The zero-order valence-corrected chi connectivity index (χ0v) is 14.7. The predicted molar refractivity (Wildman–Crippen MR) is 93.5 cm³/mol. The molecule has 0 bridgehead atoms. The van der Waals surface area contributed by atoms with Crippen LogP contribution in [-0.2, 0) is 9.53 Å². The molecule has 1 aromatic carbocycles. The van der Waals surface area contributed by atoms with Crippen molar-refractivity contribution in [1.29, 1.82) is 0 Å². The zero-order valence-electron chi connectivity index (χ0n) is 14.7. The number of rotatable bonds is 6. The van der Waals surface area contributed by atoms with Gasteiger partial charge in [0.1, 0.15) is 0 Å². The first kappa shape index (κ1) is 17.6. The molecule has 1 aromatic rings. The first-order chi connectivity index (χ1) is 12.0. The fourth-order valence-corrected chi connectivity index (χ4v) is 3.36. The zero-order chi connectivity index (χ0) is 18.0. The lowest BCUT2D eigenvalue weighted by Gasteiger charge is -2.17. The van der Waals surface area contributed by atoms with Crippen LogP contribution in [0.5, 0.6) is 0 Å². The minimum Gasteiger partial charge on any atom is -0.376 e. The third-order valence-corrected chi connectivity index (χ3v) is 4.82. The van der Waals surface area contributed by atoms with Crippen LogP contribution < -0.4 is 5.32 Å². The number of carbonyl (C=O) groups excluding carboxylic acids is 3. The molecule has 3 amide bonds. The Morgan fingerprint density at radius 2 is 2.08 bits per heavy atom. The highest BCUT2D eigenvalue weighted by molar-refractivity contribution is 6.21. The van der Waals surface area contributed by atoms with Crippen molar-refractivity contribution in [2.75, 3.05) is 18.5 Å². The van der Waals surface area contributed by atoms with Gasteiger partial charge in [-0.25, -0.2) is 0 Å². The summed E-state index contributed by atoms with van der Waals surface area (Å²) in [6.07, 6.45) is 3.49. The summed E-state index contributed by atoms with van der Waals surface area (Å²) in [6.45, 7) is 4.89. The molecule has 2 aliphatic heterocycles. The van der Waals surface area contributed by atoms with Gasteiger partial charge in [0.05, 0.1) is 23.8 Å². The summed E-state index contributed by atoms with van der Waals surface area (Å²) in [5.74, 6) is -0.762. The van der Waals surface area contributed by atoms with Crippen LogP contribution in [0.3, 0.4) is 0 Å². The van der Waals surface area contributed by atoms with Crippen LogP contribution in [0.25, 0.3) is 0 Å². The van der Waals surface area contributed by atoms with Crippen molar-refractivity contribution in [2.45, 2.75) is 45.6 Å². The van der Waals surface area contributed by atoms with Gasteiger partial charge in [-0.1, -0.05) is 20.3 Å². The van der Waals surface area contributed by atoms with Crippen molar-refractivity contribution in [2.24, 2.45) is 5.92 Å². The third-order valence-electron chi connectivity index (χ3n) is 4.82. The number of nitrogens with zero attached hydrogens (tertiary/aromatic N) is 1. The van der Waals surface area contributed by atoms with E-state index in [0.717, 1.165) is 25.7 Å².